The van der Waals surface area contributed by atoms with Gasteiger partial charge in [-0.05, 0) is 25.0 Å². The lowest BCUT2D eigenvalue weighted by Gasteiger charge is -2.12. The Morgan fingerprint density at radius 3 is 1.24 bits per heavy atom. The maximum absolute atomic E-state index is 13.1. The van der Waals surface area contributed by atoms with E-state index in [0.717, 1.165) is 12.1 Å². The SMILES string of the molecule is O=C(OCCCC#Cc1cc(C(=O)c2ccccc2)cc([N+](=O)[O-])c1NC(=O)C(F)(F)F)OCCCC#Cc1cc(C(=O)c2ccccc2)cc([N+](=O)[O-])c1NC(=O)C(F)(F)F. The second-order valence-corrected chi connectivity index (χ2v) is 12.4. The molecule has 0 fully saturated rings. The van der Waals surface area contributed by atoms with E-state index in [-0.39, 0.29) is 61.2 Å². The monoisotopic (exact) mass is 866 g/mol. The number of alkyl halides is 6. The summed E-state index contributed by atoms with van der Waals surface area (Å²) in [6, 6.07) is 18.3. The normalized spacial score (nSPS) is 10.8. The Kier molecular flexibility index (Phi) is 15.6. The number of nitrogens with zero attached hydrogens (tertiary/aromatic N) is 2. The van der Waals surface area contributed by atoms with E-state index in [1.807, 2.05) is 0 Å². The Morgan fingerprint density at radius 1 is 0.565 bits per heavy atom. The quantitative estimate of drug-likeness (QED) is 0.0235. The van der Waals surface area contributed by atoms with Crippen molar-refractivity contribution in [3.8, 4) is 23.7 Å². The van der Waals surface area contributed by atoms with Gasteiger partial charge in [0.15, 0.2) is 11.6 Å². The van der Waals surface area contributed by atoms with Gasteiger partial charge in [-0.1, -0.05) is 84.3 Å². The number of nitrogens with one attached hydrogen (secondary N) is 2. The molecule has 0 radical (unpaired) electrons. The Morgan fingerprint density at radius 2 is 0.919 bits per heavy atom. The van der Waals surface area contributed by atoms with Crippen LogP contribution in [0.1, 0.15) is 68.7 Å². The van der Waals surface area contributed by atoms with E-state index in [1.54, 1.807) is 12.1 Å². The van der Waals surface area contributed by atoms with Gasteiger partial charge < -0.3 is 20.1 Å². The van der Waals surface area contributed by atoms with E-state index in [9.17, 15) is 70.5 Å². The molecular formula is C41H28F6N4O11. The summed E-state index contributed by atoms with van der Waals surface area (Å²) in [5.41, 5.74) is -5.22. The number of ether oxygens (including phenoxy) is 2. The third-order valence-corrected chi connectivity index (χ3v) is 7.99. The highest BCUT2D eigenvalue weighted by molar-refractivity contribution is 6.11. The van der Waals surface area contributed by atoms with E-state index in [1.165, 1.54) is 59.2 Å². The average molecular weight is 867 g/mol. The van der Waals surface area contributed by atoms with Gasteiger partial charge in [-0.15, -0.1) is 0 Å². The fourth-order valence-electron chi connectivity index (χ4n) is 5.13. The molecule has 0 bridgehead atoms. The number of hydrogen-bond acceptors (Lipinski definition) is 11. The molecule has 21 heteroatoms. The highest BCUT2D eigenvalue weighted by atomic mass is 19.4. The van der Waals surface area contributed by atoms with Gasteiger partial charge in [-0.2, -0.15) is 26.3 Å². The molecule has 0 aliphatic carbocycles. The minimum atomic E-state index is -5.42. The molecule has 15 nitrogen and oxygen atoms in total. The molecule has 0 heterocycles. The summed E-state index contributed by atoms with van der Waals surface area (Å²) in [6.45, 7) is -0.609. The zero-order valence-corrected chi connectivity index (χ0v) is 31.5. The summed E-state index contributed by atoms with van der Waals surface area (Å²) >= 11 is 0. The third kappa shape index (κ3) is 13.0. The first kappa shape index (κ1) is 46.6. The van der Waals surface area contributed by atoms with Crippen molar-refractivity contribution in [2.24, 2.45) is 0 Å². The molecule has 2 amide bonds. The molecule has 4 rings (SSSR count). The second kappa shape index (κ2) is 20.8. The third-order valence-electron chi connectivity index (χ3n) is 7.99. The summed E-state index contributed by atoms with van der Waals surface area (Å²) in [4.78, 5) is 83.1. The van der Waals surface area contributed by atoms with Crippen LogP contribution < -0.4 is 10.6 Å². The Labute approximate surface area is 345 Å². The molecule has 0 aromatic heterocycles. The fraction of sp³-hybridized carbons (Fsp3) is 0.195. The number of unbranched alkanes of at least 4 members (excludes halogenated alkanes) is 2. The number of hydrogen-bond donors (Lipinski definition) is 2. The van der Waals surface area contributed by atoms with Crippen molar-refractivity contribution in [1.29, 1.82) is 0 Å². The number of nitro benzene ring substituents is 2. The van der Waals surface area contributed by atoms with Crippen LogP contribution in [0.15, 0.2) is 84.9 Å². The number of amides is 2. The van der Waals surface area contributed by atoms with Crippen LogP contribution in [0, 0.1) is 43.9 Å². The standard InChI is InChI=1S/C41H28F6N4O11/c42-40(43,44)37(54)48-33-27(21-29(23-31(33)50(57)58)35(52)25-13-5-1-6-14-25)17-9-3-11-19-61-39(56)62-20-12-4-10-18-28-22-30(36(53)26-15-7-2-8-16-26)24-32(51(59)60)34(28)49-38(55)41(45,46)47/h1-2,5-8,13-16,21-24H,3-4,11-12,19-20H2,(H,48,54)(H,49,55). The van der Waals surface area contributed by atoms with Crippen LogP contribution in [0.2, 0.25) is 0 Å². The first-order valence-electron chi connectivity index (χ1n) is 17.7. The molecule has 320 valence electrons. The molecule has 0 saturated heterocycles. The van der Waals surface area contributed by atoms with Crippen LogP contribution in [0.3, 0.4) is 0 Å². The number of benzene rings is 4. The minimum absolute atomic E-state index is 0.00767. The van der Waals surface area contributed by atoms with Crippen molar-refractivity contribution in [3.63, 3.8) is 0 Å². The van der Waals surface area contributed by atoms with Gasteiger partial charge in [0.2, 0.25) is 0 Å². The van der Waals surface area contributed by atoms with Crippen LogP contribution in [0.25, 0.3) is 0 Å². The van der Waals surface area contributed by atoms with Crippen LogP contribution in [-0.4, -0.2) is 64.9 Å². The van der Waals surface area contributed by atoms with E-state index in [2.05, 4.69) is 23.7 Å². The Balaban J connectivity index is 1.38. The zero-order chi connectivity index (χ0) is 45.6. The molecule has 0 aliphatic heterocycles. The maximum atomic E-state index is 13.1. The first-order valence-corrected chi connectivity index (χ1v) is 17.7. The van der Waals surface area contributed by atoms with E-state index >= 15 is 0 Å². The van der Waals surface area contributed by atoms with Crippen LogP contribution in [0.5, 0.6) is 0 Å². The average Bonchev–Trinajstić information content (AvgIpc) is 3.23. The molecule has 0 atom stereocenters. The smallest absolute Gasteiger partial charge is 0.434 e. The number of ketones is 2. The second-order valence-electron chi connectivity index (χ2n) is 12.4. The Hall–Kier alpha value is -8.07. The Bertz CT molecular complexity index is 2350. The molecule has 0 aliphatic rings. The van der Waals surface area contributed by atoms with Crippen molar-refractivity contribution in [2.45, 2.75) is 38.0 Å². The van der Waals surface area contributed by atoms with Crippen molar-refractivity contribution < 1.29 is 69.6 Å². The number of carbonyl (C=O) groups excluding carboxylic acids is 5. The predicted molar refractivity (Wildman–Crippen MR) is 205 cm³/mol. The molecule has 0 unspecified atom stereocenters. The summed E-state index contributed by atoms with van der Waals surface area (Å²) in [6.07, 6.45) is -12.2. The number of nitro groups is 2. The number of carbonyl (C=O) groups is 5. The summed E-state index contributed by atoms with van der Waals surface area (Å²) in [7, 11) is 0. The van der Waals surface area contributed by atoms with Crippen molar-refractivity contribution >= 4 is 52.3 Å². The van der Waals surface area contributed by atoms with Gasteiger partial charge in [0.1, 0.15) is 11.4 Å². The summed E-state index contributed by atoms with van der Waals surface area (Å²) < 4.78 is 88.3. The largest absolute Gasteiger partial charge is 0.508 e. The lowest BCUT2D eigenvalue weighted by atomic mass is 9.99. The maximum Gasteiger partial charge on any atom is 0.508 e. The molecule has 0 spiro atoms. The fourth-order valence-corrected chi connectivity index (χ4v) is 5.13. The lowest BCUT2D eigenvalue weighted by Crippen LogP contribution is -2.30. The van der Waals surface area contributed by atoms with E-state index in [0.29, 0.717) is 12.1 Å². The molecule has 4 aromatic carbocycles. The van der Waals surface area contributed by atoms with Gasteiger partial charge in [-0.3, -0.25) is 39.4 Å². The molecule has 2 N–H and O–H groups in total. The number of rotatable bonds is 14. The van der Waals surface area contributed by atoms with E-state index < -0.39 is 85.6 Å². The van der Waals surface area contributed by atoms with Crippen molar-refractivity contribution in [1.82, 2.24) is 0 Å². The molecule has 4 aromatic rings. The van der Waals surface area contributed by atoms with E-state index in [4.69, 9.17) is 9.47 Å². The highest BCUT2D eigenvalue weighted by Crippen LogP contribution is 2.34. The van der Waals surface area contributed by atoms with Crippen LogP contribution >= 0.6 is 0 Å². The van der Waals surface area contributed by atoms with Gasteiger partial charge >= 0.3 is 30.3 Å². The number of anilines is 2. The topological polar surface area (TPSA) is 214 Å². The van der Waals surface area contributed by atoms with Crippen molar-refractivity contribution in [3.05, 3.63) is 139 Å². The van der Waals surface area contributed by atoms with Crippen LogP contribution in [-0.2, 0) is 19.1 Å². The van der Waals surface area contributed by atoms with Gasteiger partial charge in [0.05, 0.1) is 34.2 Å². The van der Waals surface area contributed by atoms with Gasteiger partial charge in [0, 0.05) is 47.2 Å². The first-order chi connectivity index (χ1) is 29.3. The van der Waals surface area contributed by atoms with Gasteiger partial charge in [-0.25, -0.2) is 4.79 Å². The molecule has 62 heavy (non-hydrogen) atoms. The summed E-state index contributed by atoms with van der Waals surface area (Å²) in [5, 5.41) is 26.5. The minimum Gasteiger partial charge on any atom is -0.434 e. The predicted octanol–water partition coefficient (Wildman–Crippen LogP) is 8.08. The molecule has 0 saturated carbocycles. The molecular weight excluding hydrogens is 838 g/mol. The number of halogens is 6. The lowest BCUT2D eigenvalue weighted by molar-refractivity contribution is -0.384. The zero-order valence-electron chi connectivity index (χ0n) is 31.5. The van der Waals surface area contributed by atoms with Gasteiger partial charge in [0.25, 0.3) is 11.4 Å². The highest BCUT2D eigenvalue weighted by Gasteiger charge is 2.41. The summed E-state index contributed by atoms with van der Waals surface area (Å²) in [5.74, 6) is 3.40. The van der Waals surface area contributed by atoms with Crippen LogP contribution in [0.4, 0.5) is 53.9 Å². The van der Waals surface area contributed by atoms with Crippen molar-refractivity contribution in [2.75, 3.05) is 23.8 Å².